The molecule has 32 heavy (non-hydrogen) atoms. The van der Waals surface area contributed by atoms with Crippen molar-refractivity contribution < 1.29 is 18.4 Å². The number of hydrogen-bond donors (Lipinski definition) is 1. The molecule has 1 aromatic heterocycles. The number of nitrogens with zero attached hydrogens (tertiary/aromatic N) is 2. The second-order valence-corrected chi connectivity index (χ2v) is 8.56. The Bertz CT molecular complexity index is 1050. The summed E-state index contributed by atoms with van der Waals surface area (Å²) >= 11 is 0. The first-order valence-corrected chi connectivity index (χ1v) is 11.0. The molecule has 3 aromatic rings. The van der Waals surface area contributed by atoms with E-state index in [1.807, 2.05) is 43.0 Å². The number of piperazine rings is 1. The van der Waals surface area contributed by atoms with Gasteiger partial charge in [-0.15, -0.1) is 0 Å². The molecule has 1 fully saturated rings. The van der Waals surface area contributed by atoms with Crippen LogP contribution in [-0.4, -0.2) is 54.3 Å². The van der Waals surface area contributed by atoms with Crippen LogP contribution in [-0.2, 0) is 4.79 Å². The monoisotopic (exact) mass is 437 g/mol. The van der Waals surface area contributed by atoms with Crippen molar-refractivity contribution in [2.24, 2.45) is 5.92 Å². The van der Waals surface area contributed by atoms with Crippen molar-refractivity contribution in [1.29, 1.82) is 0 Å². The average molecular weight is 438 g/mol. The van der Waals surface area contributed by atoms with Crippen molar-refractivity contribution in [1.82, 2.24) is 15.1 Å². The number of amides is 2. The van der Waals surface area contributed by atoms with Gasteiger partial charge in [0.05, 0.1) is 12.6 Å². The molecule has 1 N–H and O–H groups in total. The molecule has 0 aliphatic carbocycles. The molecule has 0 saturated carbocycles. The number of carbonyl (C=O) groups is 2. The minimum atomic E-state index is -0.294. The molecule has 0 spiro atoms. The first kappa shape index (κ1) is 22.0. The van der Waals surface area contributed by atoms with Gasteiger partial charge >= 0.3 is 0 Å². The number of benzene rings is 2. The van der Waals surface area contributed by atoms with Gasteiger partial charge in [-0.2, -0.15) is 0 Å². The lowest BCUT2D eigenvalue weighted by Gasteiger charge is -2.34. The lowest BCUT2D eigenvalue weighted by Crippen LogP contribution is -2.51. The minimum Gasteiger partial charge on any atom is -0.451 e. The number of nitrogens with one attached hydrogen (secondary N) is 1. The van der Waals surface area contributed by atoms with Gasteiger partial charge in [-0.3, -0.25) is 14.5 Å². The van der Waals surface area contributed by atoms with E-state index in [4.69, 9.17) is 4.42 Å². The van der Waals surface area contributed by atoms with E-state index in [0.29, 0.717) is 37.5 Å². The van der Waals surface area contributed by atoms with E-state index < -0.39 is 0 Å². The summed E-state index contributed by atoms with van der Waals surface area (Å²) < 4.78 is 18.9. The van der Waals surface area contributed by atoms with Crippen molar-refractivity contribution in [2.45, 2.75) is 19.9 Å². The summed E-state index contributed by atoms with van der Waals surface area (Å²) in [5.41, 5.74) is 1.59. The highest BCUT2D eigenvalue weighted by molar-refractivity contribution is 5.96. The van der Waals surface area contributed by atoms with E-state index in [1.165, 1.54) is 12.1 Å². The molecule has 1 saturated heterocycles. The first-order valence-electron chi connectivity index (χ1n) is 11.0. The summed E-state index contributed by atoms with van der Waals surface area (Å²) in [6.45, 7) is 6.61. The first-order chi connectivity index (χ1) is 15.4. The SMILES string of the molecule is CC(C)C(NC(=O)CN1CCN(C(=O)c2cc3ccccc3o2)CC1)c1ccc(F)cc1. The van der Waals surface area contributed by atoms with Gasteiger partial charge in [-0.25, -0.2) is 4.39 Å². The number of fused-ring (bicyclic) bond motifs is 1. The van der Waals surface area contributed by atoms with Crippen molar-refractivity contribution >= 4 is 22.8 Å². The van der Waals surface area contributed by atoms with Gasteiger partial charge < -0.3 is 14.6 Å². The van der Waals surface area contributed by atoms with Crippen LogP contribution in [0.3, 0.4) is 0 Å². The van der Waals surface area contributed by atoms with Gasteiger partial charge in [0.15, 0.2) is 5.76 Å². The van der Waals surface area contributed by atoms with Gasteiger partial charge in [-0.1, -0.05) is 44.2 Å². The molecule has 1 unspecified atom stereocenters. The molecule has 2 amide bonds. The third kappa shape index (κ3) is 4.99. The van der Waals surface area contributed by atoms with Gasteiger partial charge in [-0.05, 0) is 35.7 Å². The number of furan rings is 1. The Morgan fingerprint density at radius 2 is 1.72 bits per heavy atom. The van der Waals surface area contributed by atoms with E-state index in [2.05, 4.69) is 5.32 Å². The summed E-state index contributed by atoms with van der Waals surface area (Å²) in [5.74, 6) is 0.0170. The Morgan fingerprint density at radius 3 is 2.38 bits per heavy atom. The fourth-order valence-corrected chi connectivity index (χ4v) is 4.08. The maximum Gasteiger partial charge on any atom is 0.289 e. The third-order valence-electron chi connectivity index (χ3n) is 5.88. The highest BCUT2D eigenvalue weighted by atomic mass is 19.1. The predicted molar refractivity (Wildman–Crippen MR) is 121 cm³/mol. The van der Waals surface area contributed by atoms with Crippen molar-refractivity contribution in [3.8, 4) is 0 Å². The second kappa shape index (κ2) is 9.53. The van der Waals surface area contributed by atoms with Crippen molar-refractivity contribution in [2.75, 3.05) is 32.7 Å². The molecule has 2 aromatic carbocycles. The molecule has 6 nitrogen and oxygen atoms in total. The Morgan fingerprint density at radius 1 is 1.03 bits per heavy atom. The smallest absolute Gasteiger partial charge is 0.289 e. The maximum atomic E-state index is 13.2. The highest BCUT2D eigenvalue weighted by Crippen LogP contribution is 2.22. The third-order valence-corrected chi connectivity index (χ3v) is 5.88. The van der Waals surface area contributed by atoms with E-state index >= 15 is 0 Å². The normalized spacial score (nSPS) is 15.8. The molecule has 1 aliphatic heterocycles. The van der Waals surface area contributed by atoms with Crippen LogP contribution >= 0.6 is 0 Å². The van der Waals surface area contributed by atoms with Gasteiger partial charge in [0.2, 0.25) is 5.91 Å². The summed E-state index contributed by atoms with van der Waals surface area (Å²) in [6.07, 6.45) is 0. The molecule has 2 heterocycles. The van der Waals surface area contributed by atoms with Crippen LogP contribution in [0.25, 0.3) is 11.0 Å². The number of para-hydroxylation sites is 1. The van der Waals surface area contributed by atoms with Gasteiger partial charge in [0.25, 0.3) is 5.91 Å². The van der Waals surface area contributed by atoms with E-state index in [-0.39, 0.29) is 36.1 Å². The van der Waals surface area contributed by atoms with Crippen LogP contribution < -0.4 is 5.32 Å². The molecule has 168 valence electrons. The van der Waals surface area contributed by atoms with Crippen LogP contribution in [0.2, 0.25) is 0 Å². The average Bonchev–Trinajstić information content (AvgIpc) is 3.22. The lowest BCUT2D eigenvalue weighted by molar-refractivity contribution is -0.123. The zero-order valence-electron chi connectivity index (χ0n) is 18.4. The molecule has 1 atom stereocenters. The second-order valence-electron chi connectivity index (χ2n) is 8.56. The summed E-state index contributed by atoms with van der Waals surface area (Å²) in [5, 5.41) is 3.98. The Kier molecular flexibility index (Phi) is 6.55. The molecular formula is C25H28FN3O3. The molecule has 4 rings (SSSR count). The minimum absolute atomic E-state index is 0.0786. The van der Waals surface area contributed by atoms with Crippen molar-refractivity contribution in [3.63, 3.8) is 0 Å². The van der Waals surface area contributed by atoms with Gasteiger partial charge in [0, 0.05) is 31.6 Å². The number of carbonyl (C=O) groups excluding carboxylic acids is 2. The van der Waals surface area contributed by atoms with Crippen LogP contribution in [0.1, 0.15) is 36.0 Å². The molecular weight excluding hydrogens is 409 g/mol. The fraction of sp³-hybridized carbons (Fsp3) is 0.360. The zero-order chi connectivity index (χ0) is 22.7. The Hall–Kier alpha value is -3.19. The predicted octanol–water partition coefficient (Wildman–Crippen LogP) is 3.84. The molecule has 0 radical (unpaired) electrons. The Labute approximate surface area is 187 Å². The number of halogens is 1. The van der Waals surface area contributed by atoms with E-state index in [0.717, 1.165) is 10.9 Å². The van der Waals surface area contributed by atoms with Crippen LogP contribution in [0.5, 0.6) is 0 Å². The molecule has 7 heteroatoms. The zero-order valence-corrected chi connectivity index (χ0v) is 18.4. The number of rotatable bonds is 6. The molecule has 0 bridgehead atoms. The van der Waals surface area contributed by atoms with E-state index in [9.17, 15) is 14.0 Å². The fourth-order valence-electron chi connectivity index (χ4n) is 4.08. The largest absolute Gasteiger partial charge is 0.451 e. The Balaban J connectivity index is 1.30. The topological polar surface area (TPSA) is 65.8 Å². The standard InChI is InChI=1S/C25H28FN3O3/c1-17(2)24(18-7-9-20(26)10-8-18)27-23(30)16-28-11-13-29(14-12-28)25(31)22-15-19-5-3-4-6-21(19)32-22/h3-10,15,17,24H,11-14,16H2,1-2H3,(H,27,30). The summed E-state index contributed by atoms with van der Waals surface area (Å²) in [4.78, 5) is 29.3. The maximum absolute atomic E-state index is 13.2. The van der Waals surface area contributed by atoms with Crippen LogP contribution in [0, 0.1) is 11.7 Å². The van der Waals surface area contributed by atoms with Crippen LogP contribution in [0.15, 0.2) is 59.0 Å². The van der Waals surface area contributed by atoms with E-state index in [1.54, 1.807) is 23.1 Å². The van der Waals surface area contributed by atoms with Crippen LogP contribution in [0.4, 0.5) is 4.39 Å². The molecule has 1 aliphatic rings. The summed E-state index contributed by atoms with van der Waals surface area (Å²) in [6, 6.07) is 15.4. The number of hydrogen-bond acceptors (Lipinski definition) is 4. The lowest BCUT2D eigenvalue weighted by atomic mass is 9.96. The van der Waals surface area contributed by atoms with Gasteiger partial charge in [0.1, 0.15) is 11.4 Å². The summed E-state index contributed by atoms with van der Waals surface area (Å²) in [7, 11) is 0. The quantitative estimate of drug-likeness (QED) is 0.636. The highest BCUT2D eigenvalue weighted by Gasteiger charge is 2.26. The van der Waals surface area contributed by atoms with Crippen molar-refractivity contribution in [3.05, 3.63) is 71.7 Å².